The van der Waals surface area contributed by atoms with E-state index in [0.717, 1.165) is 19.6 Å². The molecule has 1 aliphatic heterocycles. The van der Waals surface area contributed by atoms with Gasteiger partial charge >= 0.3 is 0 Å². The molecule has 1 atom stereocenters. The second-order valence-electron chi connectivity index (χ2n) is 5.57. The van der Waals surface area contributed by atoms with Crippen molar-refractivity contribution in [3.8, 4) is 0 Å². The predicted molar refractivity (Wildman–Crippen MR) is 85.9 cm³/mol. The molecule has 1 heterocycles. The molecule has 0 aliphatic carbocycles. The van der Waals surface area contributed by atoms with E-state index in [4.69, 9.17) is 17.3 Å². The second kappa shape index (κ2) is 6.96. The van der Waals surface area contributed by atoms with Crippen molar-refractivity contribution in [1.82, 2.24) is 9.62 Å². The monoisotopic (exact) mass is 331 g/mol. The molecule has 0 amide bonds. The van der Waals surface area contributed by atoms with Gasteiger partial charge in [0.1, 0.15) is 0 Å². The van der Waals surface area contributed by atoms with Crippen LogP contribution in [0.3, 0.4) is 0 Å². The van der Waals surface area contributed by atoms with Gasteiger partial charge < -0.3 is 10.6 Å². The minimum Gasteiger partial charge on any atom is -0.398 e. The quantitative estimate of drug-likeness (QED) is 0.810. The molecule has 1 aromatic carbocycles. The molecule has 3 N–H and O–H groups in total. The van der Waals surface area contributed by atoms with Crippen LogP contribution in [0.25, 0.3) is 0 Å². The van der Waals surface area contributed by atoms with Crippen molar-refractivity contribution in [2.45, 2.75) is 37.1 Å². The van der Waals surface area contributed by atoms with Crippen LogP contribution in [0.2, 0.25) is 5.02 Å². The van der Waals surface area contributed by atoms with Gasteiger partial charge in [-0.3, -0.25) is 0 Å². The van der Waals surface area contributed by atoms with Crippen molar-refractivity contribution < 1.29 is 8.42 Å². The average Bonchev–Trinajstić information content (AvgIpc) is 2.42. The Bertz CT molecular complexity index is 586. The lowest BCUT2D eigenvalue weighted by molar-refractivity contribution is 0.215. The van der Waals surface area contributed by atoms with E-state index in [1.54, 1.807) is 0 Å². The van der Waals surface area contributed by atoms with Crippen molar-refractivity contribution in [3.63, 3.8) is 0 Å². The van der Waals surface area contributed by atoms with Gasteiger partial charge in [0, 0.05) is 12.6 Å². The Balaban J connectivity index is 2.00. The largest absolute Gasteiger partial charge is 0.398 e. The van der Waals surface area contributed by atoms with Crippen LogP contribution in [0.5, 0.6) is 0 Å². The molecule has 5 nitrogen and oxygen atoms in total. The molecule has 7 heteroatoms. The van der Waals surface area contributed by atoms with E-state index in [9.17, 15) is 8.42 Å². The van der Waals surface area contributed by atoms with Crippen molar-refractivity contribution in [1.29, 1.82) is 0 Å². The van der Waals surface area contributed by atoms with Crippen LogP contribution in [-0.2, 0) is 10.0 Å². The lowest BCUT2D eigenvalue weighted by atomic mass is 10.1. The first-order valence-electron chi connectivity index (χ1n) is 7.18. The van der Waals surface area contributed by atoms with Crippen LogP contribution in [0.15, 0.2) is 23.1 Å². The fourth-order valence-corrected chi connectivity index (χ4v) is 4.08. The first kappa shape index (κ1) is 16.5. The maximum Gasteiger partial charge on any atom is 0.240 e. The van der Waals surface area contributed by atoms with Crippen molar-refractivity contribution in [3.05, 3.63) is 23.2 Å². The summed E-state index contributed by atoms with van der Waals surface area (Å²) >= 11 is 5.89. The third-order valence-corrected chi connectivity index (χ3v) is 5.53. The summed E-state index contributed by atoms with van der Waals surface area (Å²) in [5.41, 5.74) is 5.98. The SMILES string of the molecule is CC(CN1CCCCC1)NS(=O)(=O)c1ccc(N)c(Cl)c1. The minimum absolute atomic E-state index is 0.146. The molecule has 2 rings (SSSR count). The highest BCUT2D eigenvalue weighted by molar-refractivity contribution is 7.89. The van der Waals surface area contributed by atoms with Gasteiger partial charge in [-0.25, -0.2) is 13.1 Å². The Morgan fingerprint density at radius 2 is 2.00 bits per heavy atom. The summed E-state index contributed by atoms with van der Waals surface area (Å²) in [6.45, 7) is 4.69. The maximum absolute atomic E-state index is 12.3. The van der Waals surface area contributed by atoms with Crippen molar-refractivity contribution in [2.24, 2.45) is 0 Å². The number of nitrogens with zero attached hydrogens (tertiary/aromatic N) is 1. The highest BCUT2D eigenvalue weighted by atomic mass is 35.5. The molecule has 0 spiro atoms. The fraction of sp³-hybridized carbons (Fsp3) is 0.571. The van der Waals surface area contributed by atoms with Gasteiger partial charge in [-0.1, -0.05) is 18.0 Å². The summed E-state index contributed by atoms with van der Waals surface area (Å²) in [6.07, 6.45) is 3.64. The molecule has 0 aromatic heterocycles. The van der Waals surface area contributed by atoms with Crippen molar-refractivity contribution >= 4 is 27.3 Å². The molecular weight excluding hydrogens is 310 g/mol. The number of nitrogens with two attached hydrogens (primary N) is 1. The fourth-order valence-electron chi connectivity index (χ4n) is 2.57. The first-order chi connectivity index (χ1) is 9.88. The third kappa shape index (κ3) is 4.57. The number of hydrogen-bond acceptors (Lipinski definition) is 4. The third-order valence-electron chi connectivity index (χ3n) is 3.62. The molecule has 0 radical (unpaired) electrons. The summed E-state index contributed by atoms with van der Waals surface area (Å²) in [7, 11) is -3.57. The molecule has 118 valence electrons. The molecule has 1 aliphatic rings. The van der Waals surface area contributed by atoms with Crippen LogP contribution in [-0.4, -0.2) is 39.0 Å². The Morgan fingerprint density at radius 1 is 1.33 bits per heavy atom. The zero-order valence-electron chi connectivity index (χ0n) is 12.2. The molecule has 0 saturated carbocycles. The van der Waals surface area contributed by atoms with E-state index in [0.29, 0.717) is 5.69 Å². The predicted octanol–water partition coefficient (Wildman–Crippen LogP) is 2.07. The molecule has 1 saturated heterocycles. The average molecular weight is 332 g/mol. The number of likely N-dealkylation sites (tertiary alicyclic amines) is 1. The Hall–Kier alpha value is -0.820. The van der Waals surface area contributed by atoms with E-state index >= 15 is 0 Å². The molecule has 0 bridgehead atoms. The van der Waals surface area contributed by atoms with Gasteiger partial charge in [0.15, 0.2) is 0 Å². The van der Waals surface area contributed by atoms with E-state index < -0.39 is 10.0 Å². The molecule has 21 heavy (non-hydrogen) atoms. The summed E-state index contributed by atoms with van der Waals surface area (Å²) in [6, 6.07) is 4.21. The summed E-state index contributed by atoms with van der Waals surface area (Å²) in [5, 5.41) is 0.251. The number of piperidine rings is 1. The number of benzene rings is 1. The standard InChI is InChI=1S/C14H22ClN3O2S/c1-11(10-18-7-3-2-4-8-18)17-21(19,20)12-5-6-14(16)13(15)9-12/h5-6,9,11,17H,2-4,7-8,10,16H2,1H3. The van der Waals surface area contributed by atoms with Gasteiger partial charge in [0.2, 0.25) is 10.0 Å². The van der Waals surface area contributed by atoms with Crippen LogP contribution in [0.1, 0.15) is 26.2 Å². The second-order valence-corrected chi connectivity index (χ2v) is 7.69. The number of rotatable bonds is 5. The van der Waals surface area contributed by atoms with E-state index in [-0.39, 0.29) is 16.0 Å². The molecule has 1 unspecified atom stereocenters. The highest BCUT2D eigenvalue weighted by Crippen LogP contribution is 2.22. The van der Waals surface area contributed by atoms with Gasteiger partial charge in [-0.2, -0.15) is 0 Å². The van der Waals surface area contributed by atoms with Crippen LogP contribution >= 0.6 is 11.6 Å². The number of anilines is 1. The van der Waals surface area contributed by atoms with Gasteiger partial charge in [-0.05, 0) is 51.1 Å². The number of nitrogen functional groups attached to an aromatic ring is 1. The lowest BCUT2D eigenvalue weighted by Crippen LogP contribution is -2.43. The maximum atomic E-state index is 12.3. The summed E-state index contributed by atoms with van der Waals surface area (Å²) in [5.74, 6) is 0. The number of hydrogen-bond donors (Lipinski definition) is 2. The van der Waals surface area contributed by atoms with Crippen molar-refractivity contribution in [2.75, 3.05) is 25.4 Å². The van der Waals surface area contributed by atoms with Gasteiger partial charge in [-0.15, -0.1) is 0 Å². The van der Waals surface area contributed by atoms with E-state index in [2.05, 4.69) is 9.62 Å². The van der Waals surface area contributed by atoms with Crippen LogP contribution < -0.4 is 10.5 Å². The number of sulfonamides is 1. The highest BCUT2D eigenvalue weighted by Gasteiger charge is 2.20. The smallest absolute Gasteiger partial charge is 0.240 e. The molecule has 1 aromatic rings. The summed E-state index contributed by atoms with van der Waals surface area (Å²) < 4.78 is 27.3. The first-order valence-corrected chi connectivity index (χ1v) is 9.04. The van der Waals surface area contributed by atoms with Gasteiger partial charge in [0.25, 0.3) is 0 Å². The van der Waals surface area contributed by atoms with Crippen LogP contribution in [0, 0.1) is 0 Å². The minimum atomic E-state index is -3.57. The Morgan fingerprint density at radius 3 is 2.62 bits per heavy atom. The van der Waals surface area contributed by atoms with Crippen LogP contribution in [0.4, 0.5) is 5.69 Å². The van der Waals surface area contributed by atoms with Gasteiger partial charge in [0.05, 0.1) is 15.6 Å². The molecule has 1 fully saturated rings. The van der Waals surface area contributed by atoms with E-state index in [1.165, 1.54) is 37.5 Å². The number of halogens is 1. The summed E-state index contributed by atoms with van der Waals surface area (Å²) in [4.78, 5) is 2.44. The zero-order valence-corrected chi connectivity index (χ0v) is 13.8. The Labute approximate surface area is 131 Å². The lowest BCUT2D eigenvalue weighted by Gasteiger charge is -2.29. The zero-order chi connectivity index (χ0) is 15.5. The van der Waals surface area contributed by atoms with E-state index in [1.807, 2.05) is 6.92 Å². The normalized spacial score (nSPS) is 18.6. The molecular formula is C14H22ClN3O2S. The Kier molecular flexibility index (Phi) is 5.48. The number of nitrogens with one attached hydrogen (secondary N) is 1. The topological polar surface area (TPSA) is 75.4 Å².